The molecule has 1 unspecified atom stereocenters. The van der Waals surface area contributed by atoms with Crippen LogP contribution in [0.4, 0.5) is 5.69 Å². The molecule has 16 heavy (non-hydrogen) atoms. The van der Waals surface area contributed by atoms with Crippen molar-refractivity contribution in [3.05, 3.63) is 29.3 Å². The van der Waals surface area contributed by atoms with Gasteiger partial charge in [-0.15, -0.1) is 0 Å². The van der Waals surface area contributed by atoms with E-state index in [4.69, 9.17) is 0 Å². The number of rotatable bonds is 4. The molecule has 0 amide bonds. The molecule has 0 saturated carbocycles. The van der Waals surface area contributed by atoms with E-state index in [1.807, 2.05) is 7.05 Å². The van der Waals surface area contributed by atoms with Crippen molar-refractivity contribution < 1.29 is 5.11 Å². The largest absolute Gasteiger partial charge is 0.394 e. The lowest BCUT2D eigenvalue weighted by Crippen LogP contribution is -2.38. The van der Waals surface area contributed by atoms with Crippen molar-refractivity contribution in [1.29, 1.82) is 0 Å². The third-order valence-electron chi connectivity index (χ3n) is 3.35. The predicted molar refractivity (Wildman–Crippen MR) is 70.0 cm³/mol. The zero-order chi connectivity index (χ0) is 12.3. The Bertz CT molecular complexity index is 347. The number of likely N-dealkylation sites (N-methyl/N-ethyl adjacent to an activating group) is 1. The topological polar surface area (TPSA) is 23.5 Å². The summed E-state index contributed by atoms with van der Waals surface area (Å²) in [7, 11) is 2.05. The van der Waals surface area contributed by atoms with Crippen molar-refractivity contribution in [3.8, 4) is 0 Å². The zero-order valence-corrected chi connectivity index (χ0v) is 11.0. The summed E-state index contributed by atoms with van der Waals surface area (Å²) in [5, 5.41) is 9.41. The third kappa shape index (κ3) is 2.76. The average Bonchev–Trinajstić information content (AvgIpc) is 2.22. The fourth-order valence-electron chi connectivity index (χ4n) is 1.92. The van der Waals surface area contributed by atoms with E-state index >= 15 is 0 Å². The van der Waals surface area contributed by atoms with Crippen LogP contribution in [0.2, 0.25) is 0 Å². The molecule has 90 valence electrons. The highest BCUT2D eigenvalue weighted by Crippen LogP contribution is 2.21. The van der Waals surface area contributed by atoms with Crippen molar-refractivity contribution in [2.75, 3.05) is 18.6 Å². The van der Waals surface area contributed by atoms with E-state index in [1.165, 1.54) is 16.8 Å². The van der Waals surface area contributed by atoms with E-state index < -0.39 is 0 Å². The maximum absolute atomic E-state index is 9.41. The van der Waals surface area contributed by atoms with Crippen molar-refractivity contribution >= 4 is 5.69 Å². The second-order valence-corrected chi connectivity index (χ2v) is 4.87. The van der Waals surface area contributed by atoms with Crippen LogP contribution >= 0.6 is 0 Å². The molecule has 1 N–H and O–H groups in total. The van der Waals surface area contributed by atoms with Gasteiger partial charge < -0.3 is 10.0 Å². The second kappa shape index (κ2) is 5.35. The van der Waals surface area contributed by atoms with Crippen LogP contribution in [0.5, 0.6) is 0 Å². The number of anilines is 1. The van der Waals surface area contributed by atoms with Gasteiger partial charge >= 0.3 is 0 Å². The lowest BCUT2D eigenvalue weighted by Gasteiger charge is -2.32. The minimum Gasteiger partial charge on any atom is -0.394 e. The van der Waals surface area contributed by atoms with Gasteiger partial charge in [0, 0.05) is 12.7 Å². The van der Waals surface area contributed by atoms with E-state index in [0.717, 1.165) is 0 Å². The summed E-state index contributed by atoms with van der Waals surface area (Å²) in [6, 6.07) is 6.62. The second-order valence-electron chi connectivity index (χ2n) is 4.87. The molecule has 1 atom stereocenters. The van der Waals surface area contributed by atoms with E-state index in [0.29, 0.717) is 5.92 Å². The summed E-state index contributed by atoms with van der Waals surface area (Å²) in [5.74, 6) is 0.441. The van der Waals surface area contributed by atoms with E-state index in [1.54, 1.807) is 0 Å². The number of hydrogen-bond acceptors (Lipinski definition) is 2. The molecule has 2 nitrogen and oxygen atoms in total. The van der Waals surface area contributed by atoms with E-state index in [9.17, 15) is 5.11 Å². The maximum Gasteiger partial charge on any atom is 0.0637 e. The van der Waals surface area contributed by atoms with Crippen LogP contribution in [-0.2, 0) is 0 Å². The fraction of sp³-hybridized carbons (Fsp3) is 0.571. The Labute approximate surface area is 98.9 Å². The van der Waals surface area contributed by atoms with Gasteiger partial charge in [0.05, 0.1) is 12.6 Å². The monoisotopic (exact) mass is 221 g/mol. The molecule has 1 aromatic rings. The van der Waals surface area contributed by atoms with Crippen LogP contribution in [0.25, 0.3) is 0 Å². The summed E-state index contributed by atoms with van der Waals surface area (Å²) in [5.41, 5.74) is 3.78. The lowest BCUT2D eigenvalue weighted by atomic mass is 10.0. The summed E-state index contributed by atoms with van der Waals surface area (Å²) < 4.78 is 0. The van der Waals surface area contributed by atoms with Gasteiger partial charge in [-0.1, -0.05) is 19.9 Å². The summed E-state index contributed by atoms with van der Waals surface area (Å²) >= 11 is 0. The molecule has 2 heteroatoms. The predicted octanol–water partition coefficient (Wildman–Crippen LogP) is 2.76. The quantitative estimate of drug-likeness (QED) is 0.845. The molecule has 1 aromatic carbocycles. The van der Waals surface area contributed by atoms with Gasteiger partial charge in [-0.05, 0) is 43.0 Å². The first-order chi connectivity index (χ1) is 7.47. The number of aliphatic hydroxyl groups is 1. The molecule has 0 radical (unpaired) electrons. The molecule has 0 aromatic heterocycles. The van der Waals surface area contributed by atoms with Crippen LogP contribution in [0.1, 0.15) is 25.0 Å². The zero-order valence-electron chi connectivity index (χ0n) is 11.0. The van der Waals surface area contributed by atoms with Gasteiger partial charge in [0.2, 0.25) is 0 Å². The first-order valence-corrected chi connectivity index (χ1v) is 5.88. The highest BCUT2D eigenvalue weighted by atomic mass is 16.3. The van der Waals surface area contributed by atoms with Gasteiger partial charge in [0.25, 0.3) is 0 Å². The average molecular weight is 221 g/mol. The van der Waals surface area contributed by atoms with Gasteiger partial charge in [-0.2, -0.15) is 0 Å². The van der Waals surface area contributed by atoms with Crippen LogP contribution in [-0.4, -0.2) is 24.8 Å². The number of benzene rings is 1. The summed E-state index contributed by atoms with van der Waals surface area (Å²) in [6.07, 6.45) is 0. The smallest absolute Gasteiger partial charge is 0.0637 e. The third-order valence-corrected chi connectivity index (χ3v) is 3.35. The molecule has 0 spiro atoms. The molecule has 0 bridgehead atoms. The Morgan fingerprint density at radius 2 is 1.81 bits per heavy atom. The fourth-order valence-corrected chi connectivity index (χ4v) is 1.92. The van der Waals surface area contributed by atoms with Crippen LogP contribution in [0, 0.1) is 19.8 Å². The molecule has 1 rings (SSSR count). The molecule has 0 heterocycles. The van der Waals surface area contributed by atoms with Crippen molar-refractivity contribution in [1.82, 2.24) is 0 Å². The highest BCUT2D eigenvalue weighted by molar-refractivity contribution is 5.50. The van der Waals surface area contributed by atoms with Gasteiger partial charge in [0.1, 0.15) is 0 Å². The SMILES string of the molecule is Cc1ccc(N(C)C(CO)C(C)C)cc1C. The molecule has 0 aliphatic carbocycles. The van der Waals surface area contributed by atoms with E-state index in [-0.39, 0.29) is 12.6 Å². The molecule has 0 saturated heterocycles. The molecular formula is C14H23NO. The standard InChI is InChI=1S/C14H23NO/c1-10(2)14(9-16)15(5)13-7-6-11(3)12(4)8-13/h6-8,10,14,16H,9H2,1-5H3. The van der Waals surface area contributed by atoms with Crippen LogP contribution in [0.3, 0.4) is 0 Å². The first kappa shape index (κ1) is 13.0. The highest BCUT2D eigenvalue weighted by Gasteiger charge is 2.18. The van der Waals surface area contributed by atoms with E-state index in [2.05, 4.69) is 50.8 Å². The Hall–Kier alpha value is -1.02. The Morgan fingerprint density at radius 1 is 1.19 bits per heavy atom. The number of aliphatic hydroxyl groups excluding tert-OH is 1. The summed E-state index contributed by atoms with van der Waals surface area (Å²) in [6.45, 7) is 8.71. The lowest BCUT2D eigenvalue weighted by molar-refractivity contribution is 0.234. The molecule has 0 aliphatic heterocycles. The summed E-state index contributed by atoms with van der Waals surface area (Å²) in [4.78, 5) is 2.16. The number of hydrogen-bond donors (Lipinski definition) is 1. The minimum atomic E-state index is 0.183. The van der Waals surface area contributed by atoms with Crippen molar-refractivity contribution in [2.24, 2.45) is 5.92 Å². The van der Waals surface area contributed by atoms with Gasteiger partial charge in [0.15, 0.2) is 0 Å². The Balaban J connectivity index is 2.94. The Kier molecular flexibility index (Phi) is 4.36. The van der Waals surface area contributed by atoms with Gasteiger partial charge in [-0.3, -0.25) is 0 Å². The van der Waals surface area contributed by atoms with Crippen molar-refractivity contribution in [2.45, 2.75) is 33.7 Å². The molecular weight excluding hydrogens is 198 g/mol. The van der Waals surface area contributed by atoms with Crippen molar-refractivity contribution in [3.63, 3.8) is 0 Å². The Morgan fingerprint density at radius 3 is 2.25 bits per heavy atom. The number of aryl methyl sites for hydroxylation is 2. The van der Waals surface area contributed by atoms with Gasteiger partial charge in [-0.25, -0.2) is 0 Å². The maximum atomic E-state index is 9.41. The normalized spacial score (nSPS) is 12.9. The van der Waals surface area contributed by atoms with Crippen LogP contribution < -0.4 is 4.90 Å². The minimum absolute atomic E-state index is 0.183. The molecule has 0 fully saturated rings. The number of nitrogens with zero attached hydrogens (tertiary/aromatic N) is 1. The first-order valence-electron chi connectivity index (χ1n) is 5.88. The van der Waals surface area contributed by atoms with Crippen LogP contribution in [0.15, 0.2) is 18.2 Å². The molecule has 0 aliphatic rings.